The van der Waals surface area contributed by atoms with Crippen LogP contribution in [0.25, 0.3) is 10.9 Å². The van der Waals surface area contributed by atoms with Gasteiger partial charge in [-0.25, -0.2) is 4.98 Å². The smallest absolute Gasteiger partial charge is 0.258 e. The minimum absolute atomic E-state index is 0.238. The van der Waals surface area contributed by atoms with Crippen molar-refractivity contribution in [3.8, 4) is 0 Å². The van der Waals surface area contributed by atoms with E-state index >= 15 is 0 Å². The summed E-state index contributed by atoms with van der Waals surface area (Å²) in [6.45, 7) is 1.69. The highest BCUT2D eigenvalue weighted by molar-refractivity contribution is 7.84. The zero-order valence-corrected chi connectivity index (χ0v) is 10.3. The van der Waals surface area contributed by atoms with Crippen LogP contribution in [0, 0.1) is 6.92 Å². The maximum absolute atomic E-state index is 11.6. The zero-order valence-electron chi connectivity index (χ0n) is 8.70. The molecule has 16 heavy (non-hydrogen) atoms. The Balaban J connectivity index is 2.90. The maximum atomic E-state index is 11.6. The second-order valence-electron chi connectivity index (χ2n) is 3.41. The number of halogens is 1. The molecule has 1 N–H and O–H groups in total. The number of fused-ring (bicyclic) bond motifs is 1. The van der Waals surface area contributed by atoms with Crippen molar-refractivity contribution < 1.29 is 4.21 Å². The van der Waals surface area contributed by atoms with Crippen molar-refractivity contribution in [1.82, 2.24) is 9.97 Å². The molecule has 6 heteroatoms. The summed E-state index contributed by atoms with van der Waals surface area (Å²) in [7, 11) is -1.19. The van der Waals surface area contributed by atoms with Gasteiger partial charge in [-0.05, 0) is 19.1 Å². The van der Waals surface area contributed by atoms with E-state index in [1.54, 1.807) is 13.0 Å². The van der Waals surface area contributed by atoms with Crippen molar-refractivity contribution in [2.45, 2.75) is 11.8 Å². The summed E-state index contributed by atoms with van der Waals surface area (Å²) in [4.78, 5) is 18.9. The molecule has 84 valence electrons. The highest BCUT2D eigenvalue weighted by atomic mass is 35.5. The van der Waals surface area contributed by atoms with Gasteiger partial charge in [-0.2, -0.15) is 0 Å². The van der Waals surface area contributed by atoms with Crippen molar-refractivity contribution in [2.24, 2.45) is 0 Å². The summed E-state index contributed by atoms with van der Waals surface area (Å²) in [6.07, 6.45) is 1.53. The standard InChI is InChI=1S/C10H9ClN2O2S/c1-5-12-8-4-9(16(2)15)7(11)3-6(8)10(14)13-5/h3-4H,1-2H3,(H,12,13,14). The van der Waals surface area contributed by atoms with E-state index in [4.69, 9.17) is 11.6 Å². The number of aryl methyl sites for hydroxylation is 1. The first-order valence-corrected chi connectivity index (χ1v) is 6.46. The number of nitrogens with zero attached hydrogens (tertiary/aromatic N) is 1. The molecule has 0 saturated carbocycles. The SMILES string of the molecule is Cc1nc2cc(S(C)=O)c(Cl)cc2c(=O)[nH]1. The van der Waals surface area contributed by atoms with Gasteiger partial charge in [-0.3, -0.25) is 9.00 Å². The molecular weight excluding hydrogens is 248 g/mol. The molecule has 1 aromatic carbocycles. The Morgan fingerprint density at radius 1 is 1.44 bits per heavy atom. The second kappa shape index (κ2) is 3.99. The zero-order chi connectivity index (χ0) is 11.9. The first-order chi connectivity index (χ1) is 7.49. The highest BCUT2D eigenvalue weighted by Gasteiger charge is 2.09. The van der Waals surface area contributed by atoms with Crippen LogP contribution in [0.3, 0.4) is 0 Å². The highest BCUT2D eigenvalue weighted by Crippen LogP contribution is 2.23. The van der Waals surface area contributed by atoms with E-state index < -0.39 is 10.8 Å². The summed E-state index contributed by atoms with van der Waals surface area (Å²) in [5.74, 6) is 0.521. The van der Waals surface area contributed by atoms with Gasteiger partial charge in [0.2, 0.25) is 0 Å². The Hall–Kier alpha value is -1.20. The van der Waals surface area contributed by atoms with Crippen LogP contribution >= 0.6 is 11.6 Å². The third-order valence-electron chi connectivity index (χ3n) is 2.19. The fraction of sp³-hybridized carbons (Fsp3) is 0.200. The van der Waals surface area contributed by atoms with Crippen LogP contribution in [0.2, 0.25) is 5.02 Å². The number of aromatic amines is 1. The molecule has 0 fully saturated rings. The van der Waals surface area contributed by atoms with E-state index in [0.717, 1.165) is 0 Å². The van der Waals surface area contributed by atoms with E-state index in [2.05, 4.69) is 9.97 Å². The molecule has 1 aromatic heterocycles. The van der Waals surface area contributed by atoms with Gasteiger partial charge in [0.15, 0.2) is 0 Å². The quantitative estimate of drug-likeness (QED) is 0.843. The van der Waals surface area contributed by atoms with Crippen LogP contribution in [-0.2, 0) is 10.8 Å². The van der Waals surface area contributed by atoms with Crippen LogP contribution in [0.5, 0.6) is 0 Å². The molecule has 0 amide bonds. The molecule has 1 heterocycles. The number of benzene rings is 1. The summed E-state index contributed by atoms with van der Waals surface area (Å²) in [6, 6.07) is 3.09. The van der Waals surface area contributed by atoms with E-state index in [1.165, 1.54) is 12.3 Å². The summed E-state index contributed by atoms with van der Waals surface area (Å²) in [5, 5.41) is 0.731. The molecular formula is C10H9ClN2O2S. The van der Waals surface area contributed by atoms with Crippen LogP contribution in [0.4, 0.5) is 0 Å². The largest absolute Gasteiger partial charge is 0.310 e. The van der Waals surface area contributed by atoms with Gasteiger partial charge < -0.3 is 4.98 Å². The van der Waals surface area contributed by atoms with Crippen molar-refractivity contribution >= 4 is 33.3 Å². The lowest BCUT2D eigenvalue weighted by atomic mass is 10.2. The molecule has 4 nitrogen and oxygen atoms in total. The minimum Gasteiger partial charge on any atom is -0.310 e. The van der Waals surface area contributed by atoms with E-state index in [0.29, 0.717) is 26.6 Å². The van der Waals surface area contributed by atoms with Crippen molar-refractivity contribution in [2.75, 3.05) is 6.26 Å². The second-order valence-corrected chi connectivity index (χ2v) is 5.16. The molecule has 0 radical (unpaired) electrons. The van der Waals surface area contributed by atoms with Crippen LogP contribution in [-0.4, -0.2) is 20.4 Å². The number of nitrogens with one attached hydrogen (secondary N) is 1. The van der Waals surface area contributed by atoms with E-state index in [-0.39, 0.29) is 5.56 Å². The molecule has 2 rings (SSSR count). The molecule has 0 saturated heterocycles. The molecule has 1 atom stereocenters. The van der Waals surface area contributed by atoms with Crippen LogP contribution in [0.15, 0.2) is 21.8 Å². The summed E-state index contributed by atoms with van der Waals surface area (Å²) in [5.41, 5.74) is 0.272. The number of hydrogen-bond acceptors (Lipinski definition) is 3. The molecule has 0 aliphatic carbocycles. The molecule has 0 bridgehead atoms. The average Bonchev–Trinajstić information content (AvgIpc) is 2.18. The van der Waals surface area contributed by atoms with Crippen molar-refractivity contribution in [1.29, 1.82) is 0 Å². The lowest BCUT2D eigenvalue weighted by molar-refractivity contribution is 0.687. The predicted molar refractivity (Wildman–Crippen MR) is 64.4 cm³/mol. The fourth-order valence-corrected chi connectivity index (χ4v) is 2.58. The lowest BCUT2D eigenvalue weighted by Crippen LogP contribution is -2.10. The van der Waals surface area contributed by atoms with Gasteiger partial charge in [0, 0.05) is 6.26 Å². The van der Waals surface area contributed by atoms with Crippen LogP contribution in [0.1, 0.15) is 5.82 Å². The van der Waals surface area contributed by atoms with Gasteiger partial charge in [0.1, 0.15) is 5.82 Å². The fourth-order valence-electron chi connectivity index (χ4n) is 1.48. The third-order valence-corrected chi connectivity index (χ3v) is 3.57. The van der Waals surface area contributed by atoms with Gasteiger partial charge in [-0.15, -0.1) is 0 Å². The Kier molecular flexibility index (Phi) is 2.82. The van der Waals surface area contributed by atoms with E-state index in [9.17, 15) is 9.00 Å². The van der Waals surface area contributed by atoms with Gasteiger partial charge in [-0.1, -0.05) is 11.6 Å². The van der Waals surface area contributed by atoms with Crippen molar-refractivity contribution in [3.63, 3.8) is 0 Å². The number of hydrogen-bond donors (Lipinski definition) is 1. The number of rotatable bonds is 1. The van der Waals surface area contributed by atoms with Gasteiger partial charge in [0.05, 0.1) is 31.6 Å². The average molecular weight is 257 g/mol. The Bertz CT molecular complexity index is 651. The van der Waals surface area contributed by atoms with E-state index in [1.807, 2.05) is 0 Å². The van der Waals surface area contributed by atoms with Crippen molar-refractivity contribution in [3.05, 3.63) is 33.3 Å². The summed E-state index contributed by atoms with van der Waals surface area (Å²) < 4.78 is 11.4. The Morgan fingerprint density at radius 2 is 2.12 bits per heavy atom. The van der Waals surface area contributed by atoms with Crippen LogP contribution < -0.4 is 5.56 Å². The maximum Gasteiger partial charge on any atom is 0.258 e. The minimum atomic E-state index is -1.19. The molecule has 1 unspecified atom stereocenters. The molecule has 0 spiro atoms. The lowest BCUT2D eigenvalue weighted by Gasteiger charge is -2.03. The summed E-state index contributed by atoms with van der Waals surface area (Å²) >= 11 is 5.94. The first kappa shape index (κ1) is 11.3. The number of aromatic nitrogens is 2. The predicted octanol–water partition coefficient (Wildman–Crippen LogP) is 1.62. The molecule has 0 aliphatic heterocycles. The Labute approximate surface area is 99.1 Å². The van der Waals surface area contributed by atoms with Gasteiger partial charge >= 0.3 is 0 Å². The third kappa shape index (κ3) is 1.88. The monoisotopic (exact) mass is 256 g/mol. The van der Waals surface area contributed by atoms with Gasteiger partial charge in [0.25, 0.3) is 5.56 Å². The Morgan fingerprint density at radius 3 is 2.75 bits per heavy atom. The molecule has 2 aromatic rings. The topological polar surface area (TPSA) is 62.8 Å². The number of H-pyrrole nitrogens is 1. The molecule has 0 aliphatic rings. The first-order valence-electron chi connectivity index (χ1n) is 4.52. The normalized spacial score (nSPS) is 12.9.